The average molecular weight is 201 g/mol. The van der Waals surface area contributed by atoms with Crippen LogP contribution in [0.4, 0.5) is 0 Å². The van der Waals surface area contributed by atoms with Crippen molar-refractivity contribution >= 4 is 5.97 Å². The van der Waals surface area contributed by atoms with Crippen molar-refractivity contribution in [1.82, 2.24) is 5.32 Å². The van der Waals surface area contributed by atoms with E-state index < -0.39 is 5.97 Å². The van der Waals surface area contributed by atoms with Gasteiger partial charge in [-0.25, -0.2) is 0 Å². The number of aliphatic hydroxyl groups is 1. The van der Waals surface area contributed by atoms with Crippen LogP contribution in [0.2, 0.25) is 0 Å². The number of hydrogen-bond donors (Lipinski definition) is 3. The van der Waals surface area contributed by atoms with E-state index in [1.54, 1.807) is 0 Å². The lowest BCUT2D eigenvalue weighted by Crippen LogP contribution is -2.34. The van der Waals surface area contributed by atoms with E-state index in [0.717, 1.165) is 19.4 Å². The molecule has 14 heavy (non-hydrogen) atoms. The monoisotopic (exact) mass is 201 g/mol. The smallest absolute Gasteiger partial charge is 0.317 e. The number of hydrogen-bond acceptors (Lipinski definition) is 3. The van der Waals surface area contributed by atoms with E-state index in [0.29, 0.717) is 11.8 Å². The van der Waals surface area contributed by atoms with Gasteiger partial charge in [0, 0.05) is 6.61 Å². The van der Waals surface area contributed by atoms with Crippen LogP contribution in [0.3, 0.4) is 0 Å². The highest BCUT2D eigenvalue weighted by molar-refractivity contribution is 5.68. The van der Waals surface area contributed by atoms with Gasteiger partial charge in [0.25, 0.3) is 0 Å². The SMILES string of the molecule is O=C(O)CNCC1CCCCC1CO. The van der Waals surface area contributed by atoms with Crippen LogP contribution < -0.4 is 5.32 Å². The first-order valence-electron chi connectivity index (χ1n) is 5.27. The van der Waals surface area contributed by atoms with E-state index in [4.69, 9.17) is 10.2 Å². The molecular formula is C10H19NO3. The second-order valence-corrected chi connectivity index (χ2v) is 4.01. The Bertz CT molecular complexity index is 184. The Morgan fingerprint density at radius 1 is 1.29 bits per heavy atom. The third kappa shape index (κ3) is 3.64. The van der Waals surface area contributed by atoms with Gasteiger partial charge in [-0.05, 0) is 31.2 Å². The quantitative estimate of drug-likeness (QED) is 0.604. The molecule has 2 atom stereocenters. The van der Waals surface area contributed by atoms with Crippen LogP contribution in [-0.4, -0.2) is 35.9 Å². The lowest BCUT2D eigenvalue weighted by Gasteiger charge is -2.30. The van der Waals surface area contributed by atoms with Crippen molar-refractivity contribution < 1.29 is 15.0 Å². The highest BCUT2D eigenvalue weighted by atomic mass is 16.4. The maximum atomic E-state index is 10.3. The average Bonchev–Trinajstić information content (AvgIpc) is 2.18. The van der Waals surface area contributed by atoms with Crippen molar-refractivity contribution in [3.05, 3.63) is 0 Å². The number of carboxylic acid groups (broad SMARTS) is 1. The minimum atomic E-state index is -0.818. The number of aliphatic hydroxyl groups excluding tert-OH is 1. The van der Waals surface area contributed by atoms with Crippen LogP contribution in [0.5, 0.6) is 0 Å². The van der Waals surface area contributed by atoms with E-state index in [1.165, 1.54) is 12.8 Å². The maximum Gasteiger partial charge on any atom is 0.317 e. The molecule has 2 unspecified atom stereocenters. The normalized spacial score (nSPS) is 27.5. The zero-order valence-corrected chi connectivity index (χ0v) is 8.41. The largest absolute Gasteiger partial charge is 0.480 e. The number of carboxylic acids is 1. The molecule has 0 aromatic carbocycles. The van der Waals surface area contributed by atoms with Crippen molar-refractivity contribution in [2.24, 2.45) is 11.8 Å². The van der Waals surface area contributed by atoms with Gasteiger partial charge in [-0.2, -0.15) is 0 Å². The van der Waals surface area contributed by atoms with E-state index in [1.807, 2.05) is 0 Å². The summed E-state index contributed by atoms with van der Waals surface area (Å²) in [6.45, 7) is 0.978. The summed E-state index contributed by atoms with van der Waals surface area (Å²) in [5.41, 5.74) is 0. The Kier molecular flexibility index (Phi) is 4.90. The first-order chi connectivity index (χ1) is 6.74. The zero-order chi connectivity index (χ0) is 10.4. The molecule has 1 saturated carbocycles. The Labute approximate surface area is 84.3 Å². The molecule has 0 radical (unpaired) electrons. The van der Waals surface area contributed by atoms with Crippen LogP contribution in [0.15, 0.2) is 0 Å². The van der Waals surface area contributed by atoms with Gasteiger partial charge < -0.3 is 15.5 Å². The van der Waals surface area contributed by atoms with Gasteiger partial charge in [0.15, 0.2) is 0 Å². The second kappa shape index (κ2) is 5.98. The molecule has 0 aromatic rings. The minimum absolute atomic E-state index is 0.0225. The third-order valence-electron chi connectivity index (χ3n) is 2.98. The molecule has 0 heterocycles. The number of rotatable bonds is 5. The molecule has 0 bridgehead atoms. The summed E-state index contributed by atoms with van der Waals surface area (Å²) in [6.07, 6.45) is 4.59. The Morgan fingerprint density at radius 3 is 2.50 bits per heavy atom. The maximum absolute atomic E-state index is 10.3. The number of carbonyl (C=O) groups is 1. The van der Waals surface area contributed by atoms with Gasteiger partial charge >= 0.3 is 5.97 Å². The van der Waals surface area contributed by atoms with Crippen molar-refractivity contribution in [2.45, 2.75) is 25.7 Å². The highest BCUT2D eigenvalue weighted by Crippen LogP contribution is 2.28. The minimum Gasteiger partial charge on any atom is -0.480 e. The van der Waals surface area contributed by atoms with Gasteiger partial charge in [0.05, 0.1) is 6.54 Å². The Hall–Kier alpha value is -0.610. The predicted molar refractivity (Wildman–Crippen MR) is 53.0 cm³/mol. The van der Waals surface area contributed by atoms with Crippen LogP contribution in [0, 0.1) is 11.8 Å². The van der Waals surface area contributed by atoms with Gasteiger partial charge in [-0.1, -0.05) is 12.8 Å². The molecule has 0 aromatic heterocycles. The second-order valence-electron chi connectivity index (χ2n) is 4.01. The molecule has 0 amide bonds. The predicted octanol–water partition coefficient (Wildman–Crippen LogP) is 0.459. The van der Waals surface area contributed by atoms with Crippen molar-refractivity contribution in [3.8, 4) is 0 Å². The third-order valence-corrected chi connectivity index (χ3v) is 2.98. The van der Waals surface area contributed by atoms with Gasteiger partial charge in [0.2, 0.25) is 0 Å². The van der Waals surface area contributed by atoms with E-state index in [9.17, 15) is 4.79 Å². The van der Waals surface area contributed by atoms with Crippen LogP contribution in [-0.2, 0) is 4.79 Å². The lowest BCUT2D eigenvalue weighted by atomic mass is 9.79. The van der Waals surface area contributed by atoms with Crippen LogP contribution in [0.1, 0.15) is 25.7 Å². The molecule has 3 N–H and O–H groups in total. The number of aliphatic carboxylic acids is 1. The molecule has 1 aliphatic carbocycles. The summed E-state index contributed by atoms with van der Waals surface area (Å²) in [6, 6.07) is 0. The molecule has 1 aliphatic rings. The van der Waals surface area contributed by atoms with Crippen molar-refractivity contribution in [1.29, 1.82) is 0 Å². The summed E-state index contributed by atoms with van der Waals surface area (Å²) in [7, 11) is 0. The number of nitrogens with one attached hydrogen (secondary N) is 1. The van der Waals surface area contributed by atoms with Crippen LogP contribution >= 0.6 is 0 Å². The molecule has 1 fully saturated rings. The summed E-state index contributed by atoms with van der Waals surface area (Å²) < 4.78 is 0. The Morgan fingerprint density at radius 2 is 1.93 bits per heavy atom. The van der Waals surface area contributed by atoms with E-state index >= 15 is 0 Å². The fourth-order valence-corrected chi connectivity index (χ4v) is 2.16. The molecule has 82 valence electrons. The molecule has 1 rings (SSSR count). The molecule has 0 saturated heterocycles. The molecule has 4 nitrogen and oxygen atoms in total. The molecule has 4 heteroatoms. The Balaban J connectivity index is 2.22. The first kappa shape index (κ1) is 11.5. The fraction of sp³-hybridized carbons (Fsp3) is 0.900. The lowest BCUT2D eigenvalue weighted by molar-refractivity contribution is -0.136. The highest BCUT2D eigenvalue weighted by Gasteiger charge is 2.23. The van der Waals surface area contributed by atoms with E-state index in [2.05, 4.69) is 5.32 Å². The van der Waals surface area contributed by atoms with Gasteiger partial charge in [-0.15, -0.1) is 0 Å². The summed E-state index contributed by atoms with van der Waals surface area (Å²) in [4.78, 5) is 10.3. The topological polar surface area (TPSA) is 69.6 Å². The van der Waals surface area contributed by atoms with Crippen LogP contribution in [0.25, 0.3) is 0 Å². The van der Waals surface area contributed by atoms with Gasteiger partial charge in [0.1, 0.15) is 0 Å². The van der Waals surface area contributed by atoms with E-state index in [-0.39, 0.29) is 13.2 Å². The molecule has 0 spiro atoms. The standard InChI is InChI=1S/C10H19NO3/c12-7-9-4-2-1-3-8(9)5-11-6-10(13)14/h8-9,11-12H,1-7H2,(H,13,14). The molecular weight excluding hydrogens is 182 g/mol. The molecule has 0 aliphatic heterocycles. The van der Waals surface area contributed by atoms with Crippen molar-refractivity contribution in [3.63, 3.8) is 0 Å². The summed E-state index contributed by atoms with van der Waals surface area (Å²) >= 11 is 0. The van der Waals surface area contributed by atoms with Gasteiger partial charge in [-0.3, -0.25) is 4.79 Å². The zero-order valence-electron chi connectivity index (χ0n) is 8.41. The summed E-state index contributed by atoms with van der Waals surface area (Å²) in [5, 5.41) is 20.5. The van der Waals surface area contributed by atoms with Crippen molar-refractivity contribution in [2.75, 3.05) is 19.7 Å². The first-order valence-corrected chi connectivity index (χ1v) is 5.27. The fourth-order valence-electron chi connectivity index (χ4n) is 2.16. The summed E-state index contributed by atoms with van der Waals surface area (Å²) in [5.74, 6) is -0.000460.